The zero-order valence-corrected chi connectivity index (χ0v) is 15.6. The lowest BCUT2D eigenvalue weighted by Crippen LogP contribution is -2.30. The summed E-state index contributed by atoms with van der Waals surface area (Å²) < 4.78 is 6.42. The minimum absolute atomic E-state index is 0.0183. The SMILES string of the molecule is O=C(Cn1c(=O)oc2ccccc21)NCc1ccc(C(=O)c2ccsc2)s1. The molecular formula is C19H14N2O4S2. The molecule has 4 rings (SSSR count). The molecule has 0 unspecified atom stereocenters. The number of carbonyl (C=O) groups is 2. The molecule has 1 amide bonds. The normalized spacial score (nSPS) is 11.0. The van der Waals surface area contributed by atoms with Crippen LogP contribution < -0.4 is 11.1 Å². The first-order valence-corrected chi connectivity index (χ1v) is 9.88. The average Bonchev–Trinajstić information content (AvgIpc) is 3.41. The zero-order valence-electron chi connectivity index (χ0n) is 14.0. The molecule has 3 aromatic heterocycles. The molecule has 0 spiro atoms. The molecule has 6 nitrogen and oxygen atoms in total. The van der Waals surface area contributed by atoms with Crippen molar-refractivity contribution in [1.29, 1.82) is 0 Å². The van der Waals surface area contributed by atoms with Gasteiger partial charge in [-0.05, 0) is 35.7 Å². The predicted molar refractivity (Wildman–Crippen MR) is 104 cm³/mol. The third-order valence-electron chi connectivity index (χ3n) is 4.00. The summed E-state index contributed by atoms with van der Waals surface area (Å²) in [6.07, 6.45) is 0. The van der Waals surface area contributed by atoms with Gasteiger partial charge in [0.05, 0.1) is 16.9 Å². The van der Waals surface area contributed by atoms with Crippen LogP contribution in [0.3, 0.4) is 0 Å². The summed E-state index contributed by atoms with van der Waals surface area (Å²) in [6.45, 7) is 0.173. The molecule has 136 valence electrons. The Hall–Kier alpha value is -2.97. The number of hydrogen-bond acceptors (Lipinski definition) is 6. The van der Waals surface area contributed by atoms with Gasteiger partial charge in [-0.1, -0.05) is 12.1 Å². The first-order valence-electron chi connectivity index (χ1n) is 8.12. The van der Waals surface area contributed by atoms with Crippen molar-refractivity contribution < 1.29 is 14.0 Å². The highest BCUT2D eigenvalue weighted by molar-refractivity contribution is 7.14. The number of rotatable bonds is 6. The third-order valence-corrected chi connectivity index (χ3v) is 5.77. The largest absolute Gasteiger partial charge is 0.420 e. The molecule has 0 atom stereocenters. The van der Waals surface area contributed by atoms with Crippen LogP contribution in [0, 0.1) is 0 Å². The number of oxazole rings is 1. The maximum atomic E-state index is 12.3. The van der Waals surface area contributed by atoms with Gasteiger partial charge in [-0.3, -0.25) is 14.2 Å². The lowest BCUT2D eigenvalue weighted by molar-refractivity contribution is -0.121. The Kier molecular flexibility index (Phi) is 4.74. The van der Waals surface area contributed by atoms with E-state index in [4.69, 9.17) is 4.42 Å². The van der Waals surface area contributed by atoms with Crippen molar-refractivity contribution in [3.63, 3.8) is 0 Å². The van der Waals surface area contributed by atoms with E-state index < -0.39 is 5.76 Å². The Morgan fingerprint density at radius 2 is 1.96 bits per heavy atom. The van der Waals surface area contributed by atoms with Crippen LogP contribution in [0.1, 0.15) is 20.1 Å². The molecule has 0 radical (unpaired) electrons. The van der Waals surface area contributed by atoms with Gasteiger partial charge in [0.2, 0.25) is 11.7 Å². The fourth-order valence-electron chi connectivity index (χ4n) is 2.68. The maximum Gasteiger partial charge on any atom is 0.420 e. The molecule has 0 aliphatic rings. The smallest absolute Gasteiger partial charge is 0.408 e. The third kappa shape index (κ3) is 3.62. The molecule has 0 aliphatic carbocycles. The highest BCUT2D eigenvalue weighted by Gasteiger charge is 2.14. The fourth-order valence-corrected chi connectivity index (χ4v) is 4.23. The van der Waals surface area contributed by atoms with Crippen LogP contribution in [-0.2, 0) is 17.9 Å². The summed E-state index contributed by atoms with van der Waals surface area (Å²) in [5.74, 6) is -0.885. The standard InChI is InChI=1S/C19H14N2O4S2/c22-17(10-21-14-3-1-2-4-15(14)25-19(21)24)20-9-13-5-6-16(27-13)18(23)12-7-8-26-11-12/h1-8,11H,9-10H2,(H,20,22). The van der Waals surface area contributed by atoms with E-state index in [1.807, 2.05) is 16.8 Å². The van der Waals surface area contributed by atoms with E-state index in [-0.39, 0.29) is 18.2 Å². The van der Waals surface area contributed by atoms with Crippen molar-refractivity contribution in [2.75, 3.05) is 0 Å². The minimum Gasteiger partial charge on any atom is -0.408 e. The van der Waals surface area contributed by atoms with Gasteiger partial charge in [0.25, 0.3) is 0 Å². The Bertz CT molecular complexity index is 1170. The summed E-state index contributed by atoms with van der Waals surface area (Å²) in [7, 11) is 0. The van der Waals surface area contributed by atoms with Gasteiger partial charge in [0, 0.05) is 15.8 Å². The highest BCUT2D eigenvalue weighted by Crippen LogP contribution is 2.21. The monoisotopic (exact) mass is 398 g/mol. The van der Waals surface area contributed by atoms with E-state index in [0.717, 1.165) is 4.88 Å². The number of hydrogen-bond donors (Lipinski definition) is 1. The Morgan fingerprint density at radius 1 is 1.11 bits per heavy atom. The minimum atomic E-state index is -0.564. The van der Waals surface area contributed by atoms with Gasteiger partial charge >= 0.3 is 5.76 Å². The number of para-hydroxylation sites is 2. The van der Waals surface area contributed by atoms with Gasteiger partial charge in [0.15, 0.2) is 5.58 Å². The van der Waals surface area contributed by atoms with E-state index in [2.05, 4.69) is 5.32 Å². The van der Waals surface area contributed by atoms with Crippen molar-refractivity contribution in [2.45, 2.75) is 13.1 Å². The quantitative estimate of drug-likeness (QED) is 0.506. The molecule has 8 heteroatoms. The van der Waals surface area contributed by atoms with Crippen molar-refractivity contribution in [3.8, 4) is 0 Å². The van der Waals surface area contributed by atoms with E-state index in [1.54, 1.807) is 36.4 Å². The molecule has 0 saturated heterocycles. The lowest BCUT2D eigenvalue weighted by Gasteiger charge is -2.04. The van der Waals surface area contributed by atoms with Crippen LogP contribution >= 0.6 is 22.7 Å². The molecular weight excluding hydrogens is 384 g/mol. The molecule has 27 heavy (non-hydrogen) atoms. The number of amides is 1. The van der Waals surface area contributed by atoms with E-state index in [9.17, 15) is 14.4 Å². The number of aromatic nitrogens is 1. The molecule has 0 aliphatic heterocycles. The molecule has 0 fully saturated rings. The summed E-state index contributed by atoms with van der Waals surface area (Å²) in [4.78, 5) is 38.0. The average molecular weight is 398 g/mol. The number of fused-ring (bicyclic) bond motifs is 1. The van der Waals surface area contributed by atoms with Gasteiger partial charge < -0.3 is 9.73 Å². The van der Waals surface area contributed by atoms with E-state index in [1.165, 1.54) is 27.2 Å². The van der Waals surface area contributed by atoms with Gasteiger partial charge in [-0.15, -0.1) is 11.3 Å². The van der Waals surface area contributed by atoms with Crippen molar-refractivity contribution in [2.24, 2.45) is 0 Å². The zero-order chi connectivity index (χ0) is 18.8. The molecule has 0 bridgehead atoms. The second kappa shape index (κ2) is 7.34. The van der Waals surface area contributed by atoms with Crippen LogP contribution in [0.4, 0.5) is 0 Å². The van der Waals surface area contributed by atoms with Gasteiger partial charge in [0.1, 0.15) is 6.54 Å². The molecule has 4 aromatic rings. The van der Waals surface area contributed by atoms with Crippen molar-refractivity contribution in [3.05, 3.63) is 79.1 Å². The topological polar surface area (TPSA) is 81.3 Å². The molecule has 0 saturated carbocycles. The lowest BCUT2D eigenvalue weighted by atomic mass is 10.2. The highest BCUT2D eigenvalue weighted by atomic mass is 32.1. The van der Waals surface area contributed by atoms with Crippen molar-refractivity contribution >= 4 is 45.5 Å². The summed E-state index contributed by atoms with van der Waals surface area (Å²) in [5.41, 5.74) is 1.70. The first-order chi connectivity index (χ1) is 13.1. The van der Waals surface area contributed by atoms with Gasteiger partial charge in [-0.25, -0.2) is 4.79 Å². The number of thiophene rings is 2. The van der Waals surface area contributed by atoms with Crippen molar-refractivity contribution in [1.82, 2.24) is 9.88 Å². The first kappa shape index (κ1) is 17.4. The summed E-state index contributed by atoms with van der Waals surface area (Å²) in [6, 6.07) is 12.3. The predicted octanol–water partition coefficient (Wildman–Crippen LogP) is 3.26. The van der Waals surface area contributed by atoms with Crippen LogP contribution in [0.25, 0.3) is 11.1 Å². The summed E-state index contributed by atoms with van der Waals surface area (Å²) >= 11 is 2.83. The van der Waals surface area contributed by atoms with Crippen LogP contribution in [0.2, 0.25) is 0 Å². The fraction of sp³-hybridized carbons (Fsp3) is 0.105. The molecule has 1 aromatic carbocycles. The molecule has 1 N–H and O–H groups in total. The number of carbonyl (C=O) groups excluding carboxylic acids is 2. The Balaban J connectivity index is 1.40. The number of benzene rings is 1. The number of nitrogens with zero attached hydrogens (tertiary/aromatic N) is 1. The maximum absolute atomic E-state index is 12.3. The number of ketones is 1. The van der Waals surface area contributed by atoms with Crippen LogP contribution in [0.15, 0.2) is 62.4 Å². The second-order valence-electron chi connectivity index (χ2n) is 5.81. The van der Waals surface area contributed by atoms with E-state index in [0.29, 0.717) is 28.1 Å². The molecule has 3 heterocycles. The van der Waals surface area contributed by atoms with Crippen LogP contribution in [0.5, 0.6) is 0 Å². The Labute approximate surface area is 161 Å². The summed E-state index contributed by atoms with van der Waals surface area (Å²) in [5, 5.41) is 6.46. The van der Waals surface area contributed by atoms with Gasteiger partial charge in [-0.2, -0.15) is 11.3 Å². The van der Waals surface area contributed by atoms with E-state index >= 15 is 0 Å². The van der Waals surface area contributed by atoms with Crippen LogP contribution in [-0.4, -0.2) is 16.3 Å². The number of nitrogens with one attached hydrogen (secondary N) is 1. The second-order valence-corrected chi connectivity index (χ2v) is 7.75. The Morgan fingerprint density at radius 3 is 2.78 bits per heavy atom.